The fourth-order valence-electron chi connectivity index (χ4n) is 7.10. The lowest BCUT2D eigenvalue weighted by Crippen LogP contribution is -1.92. The van der Waals surface area contributed by atoms with E-state index in [1.54, 1.807) is 0 Å². The molecular formula is C44H28O. The van der Waals surface area contributed by atoms with E-state index in [4.69, 9.17) is 4.42 Å². The van der Waals surface area contributed by atoms with Crippen LogP contribution in [0, 0.1) is 0 Å². The lowest BCUT2D eigenvalue weighted by Gasteiger charge is -2.19. The van der Waals surface area contributed by atoms with Crippen molar-refractivity contribution in [2.24, 2.45) is 0 Å². The molecule has 0 saturated carbocycles. The monoisotopic (exact) mass is 572 g/mol. The van der Waals surface area contributed by atoms with Gasteiger partial charge in [0, 0.05) is 16.5 Å². The zero-order valence-electron chi connectivity index (χ0n) is 24.6. The van der Waals surface area contributed by atoms with Crippen LogP contribution in [0.1, 0.15) is 0 Å². The van der Waals surface area contributed by atoms with Crippen molar-refractivity contribution in [1.29, 1.82) is 0 Å². The third kappa shape index (κ3) is 4.09. The molecule has 0 fully saturated rings. The molecule has 210 valence electrons. The van der Waals surface area contributed by atoms with Crippen molar-refractivity contribution in [1.82, 2.24) is 0 Å². The lowest BCUT2D eigenvalue weighted by molar-refractivity contribution is 0.632. The van der Waals surface area contributed by atoms with Crippen LogP contribution in [0.25, 0.3) is 88.0 Å². The van der Waals surface area contributed by atoms with Gasteiger partial charge in [0.15, 0.2) is 0 Å². The van der Waals surface area contributed by atoms with Gasteiger partial charge in [0.1, 0.15) is 11.3 Å². The first-order valence-corrected chi connectivity index (χ1v) is 15.4. The van der Waals surface area contributed by atoms with Crippen molar-refractivity contribution in [2.45, 2.75) is 0 Å². The molecule has 8 aromatic carbocycles. The molecule has 0 aliphatic heterocycles. The van der Waals surface area contributed by atoms with Crippen LogP contribution in [0.2, 0.25) is 0 Å². The predicted octanol–water partition coefficient (Wildman–Crippen LogP) is 12.6. The van der Waals surface area contributed by atoms with Gasteiger partial charge in [-0.2, -0.15) is 0 Å². The average Bonchev–Trinajstić information content (AvgIpc) is 3.51. The van der Waals surface area contributed by atoms with Crippen LogP contribution in [0.5, 0.6) is 0 Å². The summed E-state index contributed by atoms with van der Waals surface area (Å²) in [6.07, 6.45) is 0. The number of fused-ring (bicyclic) bond motifs is 4. The molecule has 0 radical (unpaired) electrons. The Bertz CT molecular complexity index is 2460. The highest BCUT2D eigenvalue weighted by molar-refractivity contribution is 6.25. The van der Waals surface area contributed by atoms with E-state index in [0.717, 1.165) is 33.4 Å². The van der Waals surface area contributed by atoms with E-state index in [0.29, 0.717) is 0 Å². The molecule has 0 amide bonds. The minimum atomic E-state index is 0.886. The summed E-state index contributed by atoms with van der Waals surface area (Å²) in [5.41, 5.74) is 9.12. The van der Waals surface area contributed by atoms with Crippen molar-refractivity contribution in [3.8, 4) is 44.7 Å². The van der Waals surface area contributed by atoms with Crippen LogP contribution < -0.4 is 0 Å². The summed E-state index contributed by atoms with van der Waals surface area (Å²) >= 11 is 0. The van der Waals surface area contributed by atoms with Gasteiger partial charge in [-0.15, -0.1) is 0 Å². The Morgan fingerprint density at radius 2 is 0.889 bits per heavy atom. The Labute approximate surface area is 261 Å². The second-order valence-corrected chi connectivity index (χ2v) is 11.6. The van der Waals surface area contributed by atoms with Gasteiger partial charge in [-0.1, -0.05) is 158 Å². The first-order chi connectivity index (χ1) is 22.3. The normalized spacial score (nSPS) is 11.6. The molecule has 0 unspecified atom stereocenters. The van der Waals surface area contributed by atoms with E-state index in [2.05, 4.69) is 170 Å². The molecule has 1 heteroatoms. The molecule has 1 heterocycles. The predicted molar refractivity (Wildman–Crippen MR) is 190 cm³/mol. The number of rotatable bonds is 4. The van der Waals surface area contributed by atoms with Gasteiger partial charge >= 0.3 is 0 Å². The fraction of sp³-hybridized carbons (Fsp3) is 0. The van der Waals surface area contributed by atoms with E-state index >= 15 is 0 Å². The van der Waals surface area contributed by atoms with Crippen molar-refractivity contribution < 1.29 is 4.42 Å². The van der Waals surface area contributed by atoms with Gasteiger partial charge in [0.2, 0.25) is 0 Å². The zero-order chi connectivity index (χ0) is 29.7. The van der Waals surface area contributed by atoms with E-state index in [1.807, 2.05) is 0 Å². The summed E-state index contributed by atoms with van der Waals surface area (Å²) in [5, 5.41) is 8.58. The Morgan fingerprint density at radius 1 is 0.333 bits per heavy atom. The Kier molecular flexibility index (Phi) is 5.89. The largest absolute Gasteiger partial charge is 0.455 e. The number of hydrogen-bond donors (Lipinski definition) is 0. The van der Waals surface area contributed by atoms with Gasteiger partial charge in [-0.25, -0.2) is 0 Å². The third-order valence-corrected chi connectivity index (χ3v) is 9.05. The van der Waals surface area contributed by atoms with Crippen LogP contribution in [0.4, 0.5) is 0 Å². The van der Waals surface area contributed by atoms with Gasteiger partial charge < -0.3 is 4.42 Å². The SMILES string of the molecule is c1ccc(-c2oc3cccc(-c4c5ccccc5c(-c5ccc6ccccc6c5)c5ccccc45)c3c2-c2ccccc2)cc1. The summed E-state index contributed by atoms with van der Waals surface area (Å²) in [5.74, 6) is 0.894. The molecule has 0 N–H and O–H groups in total. The summed E-state index contributed by atoms with van der Waals surface area (Å²) in [7, 11) is 0. The molecule has 0 atom stereocenters. The maximum absolute atomic E-state index is 6.76. The highest BCUT2D eigenvalue weighted by Gasteiger charge is 2.24. The van der Waals surface area contributed by atoms with E-state index < -0.39 is 0 Å². The van der Waals surface area contributed by atoms with E-state index in [1.165, 1.54) is 54.6 Å². The average molecular weight is 573 g/mol. The van der Waals surface area contributed by atoms with E-state index in [9.17, 15) is 0 Å². The number of furan rings is 1. The van der Waals surface area contributed by atoms with Crippen molar-refractivity contribution in [2.75, 3.05) is 0 Å². The minimum absolute atomic E-state index is 0.886. The molecular weight excluding hydrogens is 544 g/mol. The topological polar surface area (TPSA) is 13.1 Å². The van der Waals surface area contributed by atoms with Gasteiger partial charge in [-0.05, 0) is 72.3 Å². The molecule has 0 saturated heterocycles. The highest BCUT2D eigenvalue weighted by atomic mass is 16.3. The summed E-state index contributed by atoms with van der Waals surface area (Å²) in [6, 6.07) is 60.8. The number of benzene rings is 8. The van der Waals surface area contributed by atoms with Crippen LogP contribution in [-0.2, 0) is 0 Å². The maximum atomic E-state index is 6.76. The molecule has 45 heavy (non-hydrogen) atoms. The summed E-state index contributed by atoms with van der Waals surface area (Å²) < 4.78 is 6.76. The highest BCUT2D eigenvalue weighted by Crippen LogP contribution is 2.49. The first-order valence-electron chi connectivity index (χ1n) is 15.4. The summed E-state index contributed by atoms with van der Waals surface area (Å²) in [4.78, 5) is 0. The Morgan fingerprint density at radius 3 is 1.56 bits per heavy atom. The quantitative estimate of drug-likeness (QED) is 0.191. The molecule has 0 aliphatic carbocycles. The van der Waals surface area contributed by atoms with Crippen LogP contribution in [0.3, 0.4) is 0 Å². The minimum Gasteiger partial charge on any atom is -0.455 e. The van der Waals surface area contributed by atoms with E-state index in [-0.39, 0.29) is 0 Å². The van der Waals surface area contributed by atoms with Crippen molar-refractivity contribution >= 4 is 43.3 Å². The van der Waals surface area contributed by atoms with Crippen LogP contribution >= 0.6 is 0 Å². The summed E-state index contributed by atoms with van der Waals surface area (Å²) in [6.45, 7) is 0. The molecule has 0 spiro atoms. The molecule has 0 bridgehead atoms. The second-order valence-electron chi connectivity index (χ2n) is 11.6. The fourth-order valence-corrected chi connectivity index (χ4v) is 7.10. The maximum Gasteiger partial charge on any atom is 0.143 e. The van der Waals surface area contributed by atoms with Gasteiger partial charge in [0.05, 0.1) is 0 Å². The van der Waals surface area contributed by atoms with Crippen LogP contribution in [-0.4, -0.2) is 0 Å². The molecule has 0 aliphatic rings. The molecule has 1 nitrogen and oxygen atoms in total. The first kappa shape index (κ1) is 25.6. The zero-order valence-corrected chi connectivity index (χ0v) is 24.6. The molecule has 9 aromatic rings. The lowest BCUT2D eigenvalue weighted by atomic mass is 9.84. The van der Waals surface area contributed by atoms with Crippen molar-refractivity contribution in [3.63, 3.8) is 0 Å². The third-order valence-electron chi connectivity index (χ3n) is 9.05. The molecule has 1 aromatic heterocycles. The van der Waals surface area contributed by atoms with Crippen LogP contribution in [0.15, 0.2) is 174 Å². The van der Waals surface area contributed by atoms with Gasteiger partial charge in [0.25, 0.3) is 0 Å². The molecule has 9 rings (SSSR count). The van der Waals surface area contributed by atoms with Gasteiger partial charge in [-0.3, -0.25) is 0 Å². The Hall–Kier alpha value is -5.92. The van der Waals surface area contributed by atoms with Crippen molar-refractivity contribution in [3.05, 3.63) is 170 Å². The standard InChI is InChI=1S/C44H28O/c1-3-15-30(16-4-1)41-43-38(24-13-25-39(43)45-44(41)31-17-5-2-6-18-31)42-36-22-11-9-20-34(36)40(35-21-10-12-23-37(35)42)33-27-26-29-14-7-8-19-32(29)28-33/h1-28H. The second kappa shape index (κ2) is 10.4. The number of hydrogen-bond acceptors (Lipinski definition) is 1. The Balaban J connectivity index is 1.42. The smallest absolute Gasteiger partial charge is 0.143 e.